The summed E-state index contributed by atoms with van der Waals surface area (Å²) < 4.78 is 10.9. The number of nitrogens with zero attached hydrogens (tertiary/aromatic N) is 3. The van der Waals surface area contributed by atoms with Gasteiger partial charge >= 0.3 is 0 Å². The van der Waals surface area contributed by atoms with E-state index in [1.165, 1.54) is 16.7 Å². The first-order valence-corrected chi connectivity index (χ1v) is 8.83. The van der Waals surface area contributed by atoms with E-state index in [1.807, 2.05) is 19.3 Å². The molecule has 0 radical (unpaired) electrons. The average Bonchev–Trinajstić information content (AvgIpc) is 2.70. The molecule has 2 aromatic rings. The molecule has 1 N–H and O–H groups in total. The molecule has 3 rings (SSSR count). The van der Waals surface area contributed by atoms with Crippen molar-refractivity contribution in [2.45, 2.75) is 19.4 Å². The highest BCUT2D eigenvalue weighted by atomic mass is 127. The maximum atomic E-state index is 5.44. The summed E-state index contributed by atoms with van der Waals surface area (Å²) in [6.07, 6.45) is 5.58. The van der Waals surface area contributed by atoms with E-state index in [-0.39, 0.29) is 24.0 Å². The van der Waals surface area contributed by atoms with Crippen LogP contribution in [-0.4, -0.2) is 50.2 Å². The summed E-state index contributed by atoms with van der Waals surface area (Å²) in [6.45, 7) is 2.56. The summed E-state index contributed by atoms with van der Waals surface area (Å²) >= 11 is 0. The van der Waals surface area contributed by atoms with Crippen LogP contribution >= 0.6 is 24.0 Å². The standard InChI is InChI=1S/C20H26N4O2.HI/c1-21-20(23-9-6-15-5-4-8-22-13-15)24-10-7-16-11-18(25-2)19(26-3)12-17(16)14-24;/h4-5,8,11-13H,6-7,9-10,14H2,1-3H3,(H,21,23);1H. The molecule has 0 aliphatic carbocycles. The largest absolute Gasteiger partial charge is 0.493 e. The van der Waals surface area contributed by atoms with Crippen LogP contribution in [0.3, 0.4) is 0 Å². The first-order valence-electron chi connectivity index (χ1n) is 8.83. The third-order valence-corrected chi connectivity index (χ3v) is 4.65. The monoisotopic (exact) mass is 482 g/mol. The van der Waals surface area contributed by atoms with Crippen LogP contribution in [0.25, 0.3) is 0 Å². The number of pyridine rings is 1. The molecule has 0 fully saturated rings. The number of benzene rings is 1. The van der Waals surface area contributed by atoms with Crippen LogP contribution in [0.4, 0.5) is 0 Å². The van der Waals surface area contributed by atoms with Gasteiger partial charge in [0.05, 0.1) is 14.2 Å². The Balaban J connectivity index is 0.00000261. The van der Waals surface area contributed by atoms with Crippen molar-refractivity contribution in [1.29, 1.82) is 0 Å². The SMILES string of the molecule is CN=C(NCCc1cccnc1)N1CCc2cc(OC)c(OC)cc2C1.I. The number of rotatable bonds is 5. The van der Waals surface area contributed by atoms with Gasteiger partial charge in [0.15, 0.2) is 17.5 Å². The Hall–Kier alpha value is -2.03. The molecular weight excluding hydrogens is 455 g/mol. The van der Waals surface area contributed by atoms with Crippen molar-refractivity contribution >= 4 is 29.9 Å². The van der Waals surface area contributed by atoms with Gasteiger partial charge in [-0.3, -0.25) is 9.98 Å². The third kappa shape index (κ3) is 5.24. The van der Waals surface area contributed by atoms with E-state index < -0.39 is 0 Å². The second-order valence-electron chi connectivity index (χ2n) is 6.23. The summed E-state index contributed by atoms with van der Waals surface area (Å²) in [6, 6.07) is 8.22. The van der Waals surface area contributed by atoms with Crippen molar-refractivity contribution in [2.24, 2.45) is 4.99 Å². The molecule has 0 amide bonds. The van der Waals surface area contributed by atoms with Crippen LogP contribution in [0.5, 0.6) is 11.5 Å². The molecule has 0 saturated carbocycles. The number of guanidine groups is 1. The average molecular weight is 482 g/mol. The summed E-state index contributed by atoms with van der Waals surface area (Å²) in [5.74, 6) is 2.49. The number of methoxy groups -OCH3 is 2. The highest BCUT2D eigenvalue weighted by Crippen LogP contribution is 2.33. The van der Waals surface area contributed by atoms with Gasteiger partial charge < -0.3 is 19.7 Å². The Labute approximate surface area is 178 Å². The summed E-state index contributed by atoms with van der Waals surface area (Å²) in [5.41, 5.74) is 3.78. The lowest BCUT2D eigenvalue weighted by atomic mass is 9.99. The number of aliphatic imine (C=N–C) groups is 1. The minimum atomic E-state index is 0. The fourth-order valence-electron chi connectivity index (χ4n) is 3.26. The van der Waals surface area contributed by atoms with E-state index in [2.05, 4.69) is 38.4 Å². The zero-order valence-corrected chi connectivity index (χ0v) is 18.4. The lowest BCUT2D eigenvalue weighted by Crippen LogP contribution is -2.44. The van der Waals surface area contributed by atoms with Crippen molar-refractivity contribution < 1.29 is 9.47 Å². The minimum absolute atomic E-state index is 0. The minimum Gasteiger partial charge on any atom is -0.493 e. The van der Waals surface area contributed by atoms with E-state index >= 15 is 0 Å². The molecule has 146 valence electrons. The second kappa shape index (κ2) is 10.3. The fourth-order valence-corrected chi connectivity index (χ4v) is 3.26. The predicted octanol–water partition coefficient (Wildman–Crippen LogP) is 2.89. The maximum Gasteiger partial charge on any atom is 0.193 e. The molecular formula is C20H27IN4O2. The van der Waals surface area contributed by atoms with E-state index in [9.17, 15) is 0 Å². The molecule has 1 aromatic carbocycles. The van der Waals surface area contributed by atoms with Crippen LogP contribution in [-0.2, 0) is 19.4 Å². The third-order valence-electron chi connectivity index (χ3n) is 4.65. The molecule has 27 heavy (non-hydrogen) atoms. The predicted molar refractivity (Wildman–Crippen MR) is 118 cm³/mol. The van der Waals surface area contributed by atoms with Gasteiger partial charge in [-0.15, -0.1) is 24.0 Å². The number of aromatic nitrogens is 1. The zero-order valence-electron chi connectivity index (χ0n) is 16.1. The van der Waals surface area contributed by atoms with Crippen molar-refractivity contribution in [3.05, 3.63) is 53.3 Å². The molecule has 1 aliphatic rings. The molecule has 1 aliphatic heterocycles. The molecule has 0 spiro atoms. The van der Waals surface area contributed by atoms with Gasteiger partial charge in [0.25, 0.3) is 0 Å². The van der Waals surface area contributed by atoms with Crippen molar-refractivity contribution in [3.63, 3.8) is 0 Å². The molecule has 7 heteroatoms. The Bertz CT molecular complexity index is 768. The van der Waals surface area contributed by atoms with Crippen molar-refractivity contribution in [3.8, 4) is 11.5 Å². The van der Waals surface area contributed by atoms with Crippen LogP contribution in [0.15, 0.2) is 41.7 Å². The summed E-state index contributed by atoms with van der Waals surface area (Å²) in [5, 5.41) is 3.46. The lowest BCUT2D eigenvalue weighted by molar-refractivity contribution is 0.346. The summed E-state index contributed by atoms with van der Waals surface area (Å²) in [7, 11) is 5.17. The molecule has 0 saturated heterocycles. The Kier molecular flexibility index (Phi) is 8.15. The van der Waals surface area contributed by atoms with Gasteiger partial charge in [0.1, 0.15) is 0 Å². The van der Waals surface area contributed by atoms with Crippen molar-refractivity contribution in [1.82, 2.24) is 15.2 Å². The number of ether oxygens (including phenoxy) is 2. The van der Waals surface area contributed by atoms with Gasteiger partial charge in [-0.2, -0.15) is 0 Å². The van der Waals surface area contributed by atoms with E-state index in [4.69, 9.17) is 9.47 Å². The number of nitrogens with one attached hydrogen (secondary N) is 1. The first-order chi connectivity index (χ1) is 12.7. The summed E-state index contributed by atoms with van der Waals surface area (Å²) in [4.78, 5) is 10.9. The van der Waals surface area contributed by atoms with Crippen LogP contribution < -0.4 is 14.8 Å². The lowest BCUT2D eigenvalue weighted by Gasteiger charge is -2.32. The normalized spacial score (nSPS) is 13.4. The van der Waals surface area contributed by atoms with Gasteiger partial charge in [0, 0.05) is 39.1 Å². The Morgan fingerprint density at radius 3 is 2.59 bits per heavy atom. The van der Waals surface area contributed by atoms with E-state index in [0.29, 0.717) is 0 Å². The van der Waals surface area contributed by atoms with Crippen molar-refractivity contribution in [2.75, 3.05) is 34.4 Å². The first kappa shape index (κ1) is 21.3. The van der Waals surface area contributed by atoms with E-state index in [1.54, 1.807) is 20.4 Å². The number of hydrogen-bond donors (Lipinski definition) is 1. The highest BCUT2D eigenvalue weighted by Gasteiger charge is 2.21. The molecule has 0 atom stereocenters. The van der Waals surface area contributed by atoms with Gasteiger partial charge in [0.2, 0.25) is 0 Å². The van der Waals surface area contributed by atoms with E-state index in [0.717, 1.165) is 49.9 Å². The Morgan fingerprint density at radius 1 is 1.22 bits per heavy atom. The smallest absolute Gasteiger partial charge is 0.193 e. The number of halogens is 1. The molecule has 2 heterocycles. The van der Waals surface area contributed by atoms with Crippen LogP contribution in [0, 0.1) is 0 Å². The maximum absolute atomic E-state index is 5.44. The fraction of sp³-hybridized carbons (Fsp3) is 0.400. The van der Waals surface area contributed by atoms with Gasteiger partial charge in [-0.1, -0.05) is 6.07 Å². The molecule has 1 aromatic heterocycles. The number of hydrogen-bond acceptors (Lipinski definition) is 4. The highest BCUT2D eigenvalue weighted by molar-refractivity contribution is 14.0. The zero-order chi connectivity index (χ0) is 18.4. The molecule has 6 nitrogen and oxygen atoms in total. The molecule has 0 unspecified atom stereocenters. The molecule has 0 bridgehead atoms. The topological polar surface area (TPSA) is 59.0 Å². The van der Waals surface area contributed by atoms with Gasteiger partial charge in [-0.25, -0.2) is 0 Å². The second-order valence-corrected chi connectivity index (χ2v) is 6.23. The van der Waals surface area contributed by atoms with Crippen LogP contribution in [0.2, 0.25) is 0 Å². The number of fused-ring (bicyclic) bond motifs is 1. The quantitative estimate of drug-likeness (QED) is 0.404. The van der Waals surface area contributed by atoms with Crippen LogP contribution in [0.1, 0.15) is 16.7 Å². The van der Waals surface area contributed by atoms with Gasteiger partial charge in [-0.05, 0) is 47.7 Å². The Morgan fingerprint density at radius 2 is 1.96 bits per heavy atom.